The monoisotopic (exact) mass is 517 g/mol. The first-order valence-corrected chi connectivity index (χ1v) is 13.8. The Labute approximate surface area is 220 Å². The summed E-state index contributed by atoms with van der Waals surface area (Å²) in [4.78, 5) is 13.4. The SMILES string of the molecule is COc1cc2c(cc1-c1ccn(C)c1)-c1c(c(C(=O)CCC[C@H]3CC[C@@H](O)C3)nn1-c1ccsc1)CO2. The van der Waals surface area contributed by atoms with E-state index in [1.165, 1.54) is 0 Å². The lowest BCUT2D eigenvalue weighted by atomic mass is 9.95. The predicted octanol–water partition coefficient (Wildman–Crippen LogP) is 6.02. The number of Topliss-reactive ketones (excluding diaryl/α,β-unsaturated/α-hetero) is 1. The lowest BCUT2D eigenvalue weighted by Crippen LogP contribution is -2.11. The van der Waals surface area contributed by atoms with Crippen LogP contribution in [-0.4, -0.2) is 38.5 Å². The van der Waals surface area contributed by atoms with Gasteiger partial charge in [-0.05, 0) is 61.6 Å². The van der Waals surface area contributed by atoms with Crippen LogP contribution in [0.4, 0.5) is 0 Å². The van der Waals surface area contributed by atoms with Crippen molar-refractivity contribution in [2.24, 2.45) is 13.0 Å². The summed E-state index contributed by atoms with van der Waals surface area (Å²) < 4.78 is 15.8. The van der Waals surface area contributed by atoms with E-state index in [1.807, 2.05) is 45.4 Å². The van der Waals surface area contributed by atoms with Crippen LogP contribution in [0.3, 0.4) is 0 Å². The fraction of sp³-hybridized carbons (Fsp3) is 0.379. The van der Waals surface area contributed by atoms with E-state index in [2.05, 4.69) is 18.3 Å². The van der Waals surface area contributed by atoms with Crippen LogP contribution < -0.4 is 9.47 Å². The molecule has 0 saturated heterocycles. The maximum atomic E-state index is 13.4. The van der Waals surface area contributed by atoms with Gasteiger partial charge in [-0.25, -0.2) is 4.68 Å². The molecule has 0 bridgehead atoms. The average molecular weight is 518 g/mol. The van der Waals surface area contributed by atoms with Crippen LogP contribution in [0.2, 0.25) is 0 Å². The summed E-state index contributed by atoms with van der Waals surface area (Å²) in [6.45, 7) is 0.288. The number of nitrogens with zero attached hydrogens (tertiary/aromatic N) is 3. The molecule has 0 radical (unpaired) electrons. The number of hydrogen-bond donors (Lipinski definition) is 1. The highest BCUT2D eigenvalue weighted by molar-refractivity contribution is 7.08. The van der Waals surface area contributed by atoms with E-state index in [0.29, 0.717) is 18.0 Å². The molecule has 4 aromatic rings. The van der Waals surface area contributed by atoms with Gasteiger partial charge in [-0.3, -0.25) is 4.79 Å². The maximum Gasteiger partial charge on any atom is 0.183 e. The predicted molar refractivity (Wildman–Crippen MR) is 144 cm³/mol. The van der Waals surface area contributed by atoms with E-state index in [9.17, 15) is 9.90 Å². The van der Waals surface area contributed by atoms with Gasteiger partial charge in [-0.15, -0.1) is 0 Å². The summed E-state index contributed by atoms with van der Waals surface area (Å²) >= 11 is 1.60. The van der Waals surface area contributed by atoms with Crippen LogP contribution in [0.1, 0.15) is 54.6 Å². The number of aliphatic hydroxyl groups excluding tert-OH is 1. The first-order valence-electron chi connectivity index (χ1n) is 12.8. The minimum atomic E-state index is -0.175. The molecule has 1 aromatic carbocycles. The Balaban J connectivity index is 1.39. The second-order valence-electron chi connectivity index (χ2n) is 10.1. The molecule has 1 aliphatic carbocycles. The van der Waals surface area contributed by atoms with Crippen molar-refractivity contribution in [1.29, 1.82) is 0 Å². The Morgan fingerprint density at radius 2 is 2.16 bits per heavy atom. The number of aliphatic hydroxyl groups is 1. The van der Waals surface area contributed by atoms with Crippen molar-refractivity contribution in [2.75, 3.05) is 7.11 Å². The zero-order valence-corrected chi connectivity index (χ0v) is 22.0. The molecule has 192 valence electrons. The third kappa shape index (κ3) is 4.49. The second kappa shape index (κ2) is 9.84. The number of carbonyl (C=O) groups excluding carboxylic acids is 1. The number of hydrogen-bond acceptors (Lipinski definition) is 6. The molecular formula is C29H31N3O4S. The second-order valence-corrected chi connectivity index (χ2v) is 10.9. The van der Waals surface area contributed by atoms with E-state index in [4.69, 9.17) is 14.6 Å². The van der Waals surface area contributed by atoms with Gasteiger partial charge in [0.25, 0.3) is 0 Å². The number of carbonyl (C=O) groups is 1. The molecule has 3 aromatic heterocycles. The molecule has 6 rings (SSSR count). The zero-order valence-electron chi connectivity index (χ0n) is 21.1. The highest BCUT2D eigenvalue weighted by atomic mass is 32.1. The topological polar surface area (TPSA) is 78.5 Å². The minimum Gasteiger partial charge on any atom is -0.496 e. The molecule has 4 heterocycles. The Morgan fingerprint density at radius 1 is 1.27 bits per heavy atom. The lowest BCUT2D eigenvalue weighted by Gasteiger charge is -2.22. The van der Waals surface area contributed by atoms with Crippen molar-refractivity contribution in [1.82, 2.24) is 14.3 Å². The number of fused-ring (bicyclic) bond motifs is 3. The Kier molecular flexibility index (Phi) is 6.38. The molecule has 1 N–H and O–H groups in total. The molecule has 1 fully saturated rings. The summed E-state index contributed by atoms with van der Waals surface area (Å²) in [6.07, 6.45) is 8.90. The molecule has 2 atom stereocenters. The van der Waals surface area contributed by atoms with Crippen molar-refractivity contribution in [3.63, 3.8) is 0 Å². The van der Waals surface area contributed by atoms with Gasteiger partial charge in [0.05, 0.1) is 24.6 Å². The standard InChI is InChI=1S/C29H31N3O4S/c1-31-10-8-19(15-31)22-13-23-27(14-26(22)35-2)36-16-24-28(30-32(29(23)24)20-9-11-37-17-20)25(34)5-3-4-18-6-7-21(33)12-18/h8-11,13-15,17-18,21,33H,3-7,12,16H2,1-2H3/t18-,21+/m0/s1. The minimum absolute atomic E-state index is 0.0487. The van der Waals surface area contributed by atoms with Crippen LogP contribution in [0, 0.1) is 5.92 Å². The van der Waals surface area contributed by atoms with Crippen molar-refractivity contribution >= 4 is 17.1 Å². The van der Waals surface area contributed by atoms with Crippen LogP contribution in [0.5, 0.6) is 11.5 Å². The average Bonchev–Trinajstić information content (AvgIpc) is 3.70. The van der Waals surface area contributed by atoms with E-state index in [0.717, 1.165) is 77.2 Å². The molecule has 7 nitrogen and oxygen atoms in total. The Bertz CT molecular complexity index is 1440. The summed E-state index contributed by atoms with van der Waals surface area (Å²) in [5.74, 6) is 2.02. The number of aryl methyl sites for hydroxylation is 1. The fourth-order valence-corrected chi connectivity index (χ4v) is 6.32. The number of benzene rings is 1. The van der Waals surface area contributed by atoms with Gasteiger partial charge in [0, 0.05) is 59.6 Å². The third-order valence-electron chi connectivity index (χ3n) is 7.60. The highest BCUT2D eigenvalue weighted by Gasteiger charge is 2.31. The van der Waals surface area contributed by atoms with Crippen LogP contribution in [0.15, 0.2) is 47.4 Å². The first-order chi connectivity index (χ1) is 18.0. The van der Waals surface area contributed by atoms with Gasteiger partial charge >= 0.3 is 0 Å². The molecule has 0 spiro atoms. The van der Waals surface area contributed by atoms with E-state index < -0.39 is 0 Å². The molecule has 37 heavy (non-hydrogen) atoms. The molecule has 1 saturated carbocycles. The number of ether oxygens (including phenoxy) is 2. The van der Waals surface area contributed by atoms with Gasteiger partial charge in [0.1, 0.15) is 23.8 Å². The van der Waals surface area contributed by atoms with Gasteiger partial charge < -0.3 is 19.1 Å². The van der Waals surface area contributed by atoms with Gasteiger partial charge in [0.15, 0.2) is 5.78 Å². The highest BCUT2D eigenvalue weighted by Crippen LogP contribution is 2.46. The van der Waals surface area contributed by atoms with Crippen LogP contribution >= 0.6 is 11.3 Å². The molecule has 1 aliphatic heterocycles. The summed E-state index contributed by atoms with van der Waals surface area (Å²) in [7, 11) is 3.66. The zero-order chi connectivity index (χ0) is 25.5. The van der Waals surface area contributed by atoms with Crippen molar-refractivity contribution < 1.29 is 19.4 Å². The first kappa shape index (κ1) is 24.0. The normalized spacial score (nSPS) is 18.4. The van der Waals surface area contributed by atoms with E-state index in [1.54, 1.807) is 18.4 Å². The third-order valence-corrected chi connectivity index (χ3v) is 8.27. The number of rotatable bonds is 8. The van der Waals surface area contributed by atoms with E-state index >= 15 is 0 Å². The van der Waals surface area contributed by atoms with Crippen molar-refractivity contribution in [2.45, 2.75) is 51.2 Å². The fourth-order valence-electron chi connectivity index (χ4n) is 5.71. The van der Waals surface area contributed by atoms with Gasteiger partial charge in [-0.2, -0.15) is 16.4 Å². The number of thiophene rings is 1. The van der Waals surface area contributed by atoms with Gasteiger partial charge in [-0.1, -0.05) is 0 Å². The molecule has 2 aliphatic rings. The Hall–Kier alpha value is -3.36. The van der Waals surface area contributed by atoms with Crippen LogP contribution in [0.25, 0.3) is 28.1 Å². The lowest BCUT2D eigenvalue weighted by molar-refractivity contribution is 0.0969. The van der Waals surface area contributed by atoms with Crippen LogP contribution in [-0.2, 0) is 13.7 Å². The molecular weight excluding hydrogens is 486 g/mol. The number of ketones is 1. The van der Waals surface area contributed by atoms with Gasteiger partial charge in [0.2, 0.25) is 0 Å². The summed E-state index contributed by atoms with van der Waals surface area (Å²) in [5.41, 5.74) is 6.08. The molecule has 8 heteroatoms. The van der Waals surface area contributed by atoms with Crippen molar-refractivity contribution in [3.05, 3.63) is 58.7 Å². The molecule has 0 amide bonds. The quantitative estimate of drug-likeness (QED) is 0.289. The summed E-state index contributed by atoms with van der Waals surface area (Å²) in [6, 6.07) is 8.10. The maximum absolute atomic E-state index is 13.4. The summed E-state index contributed by atoms with van der Waals surface area (Å²) in [5, 5.41) is 18.7. The molecule has 0 unspecified atom stereocenters. The van der Waals surface area contributed by atoms with Crippen molar-refractivity contribution in [3.8, 4) is 39.6 Å². The number of methoxy groups -OCH3 is 1. The number of aromatic nitrogens is 3. The van der Waals surface area contributed by atoms with E-state index in [-0.39, 0.29) is 18.5 Å². The smallest absolute Gasteiger partial charge is 0.183 e. The Morgan fingerprint density at radius 3 is 2.86 bits per heavy atom. The largest absolute Gasteiger partial charge is 0.496 e.